The maximum atomic E-state index is 7.88. The lowest BCUT2D eigenvalue weighted by atomic mass is 9.90. The third-order valence-electron chi connectivity index (χ3n) is 2.44. The van der Waals surface area contributed by atoms with Crippen molar-refractivity contribution in [3.8, 4) is 0 Å². The molecule has 0 aliphatic rings. The van der Waals surface area contributed by atoms with E-state index >= 15 is 0 Å². The number of hydrogen-bond donors (Lipinski definition) is 1. The summed E-state index contributed by atoms with van der Waals surface area (Å²) in [5.74, 6) is 0. The van der Waals surface area contributed by atoms with Crippen LogP contribution in [0.2, 0.25) is 0 Å². The van der Waals surface area contributed by atoms with Crippen LogP contribution < -0.4 is 0 Å². The second-order valence-corrected chi connectivity index (χ2v) is 6.05. The summed E-state index contributed by atoms with van der Waals surface area (Å²) in [6.07, 6.45) is -0.371. The summed E-state index contributed by atoms with van der Waals surface area (Å²) in [6.45, 7) is 15.1. The van der Waals surface area contributed by atoms with Crippen molar-refractivity contribution in [3.63, 3.8) is 0 Å². The van der Waals surface area contributed by atoms with Crippen LogP contribution in [0, 0.1) is 5.41 Å². The van der Waals surface area contributed by atoms with E-state index in [9.17, 15) is 0 Å². The normalized spacial score (nSPS) is 15.2. The Kier molecular flexibility index (Phi) is 7.23. The zero-order valence-corrected chi connectivity index (χ0v) is 12.2. The van der Waals surface area contributed by atoms with Gasteiger partial charge in [0.1, 0.15) is 0 Å². The SMILES string of the molecule is CCN(C(OOOOOO)C(C)(C)C)C(C)(C)C. The fourth-order valence-corrected chi connectivity index (χ4v) is 1.73. The molecule has 1 atom stereocenters. The van der Waals surface area contributed by atoms with Crippen molar-refractivity contribution in [2.75, 3.05) is 6.54 Å². The second-order valence-electron chi connectivity index (χ2n) is 6.05. The maximum absolute atomic E-state index is 7.88. The Bertz CT molecular complexity index is 223. The molecule has 7 nitrogen and oxygen atoms in total. The zero-order valence-electron chi connectivity index (χ0n) is 12.2. The van der Waals surface area contributed by atoms with Gasteiger partial charge in [-0.1, -0.05) is 27.7 Å². The summed E-state index contributed by atoms with van der Waals surface area (Å²) < 4.78 is 0. The minimum atomic E-state index is -0.371. The van der Waals surface area contributed by atoms with Crippen LogP contribution in [0.3, 0.4) is 0 Å². The van der Waals surface area contributed by atoms with Gasteiger partial charge < -0.3 is 0 Å². The molecule has 0 rings (SSSR count). The smallest absolute Gasteiger partial charge is 0.154 e. The molecule has 1 unspecified atom stereocenters. The summed E-state index contributed by atoms with van der Waals surface area (Å²) >= 11 is 0. The Morgan fingerprint density at radius 3 is 1.89 bits per heavy atom. The molecule has 0 radical (unpaired) electrons. The van der Waals surface area contributed by atoms with Gasteiger partial charge in [-0.05, 0) is 47.5 Å². The van der Waals surface area contributed by atoms with Crippen LogP contribution in [0.4, 0.5) is 0 Å². The van der Waals surface area contributed by atoms with Crippen molar-refractivity contribution in [2.24, 2.45) is 5.41 Å². The molecule has 0 fully saturated rings. The van der Waals surface area contributed by atoms with E-state index in [1.807, 2.05) is 27.7 Å². The largest absolute Gasteiger partial charge is 0.270 e. The zero-order chi connectivity index (χ0) is 14.4. The van der Waals surface area contributed by atoms with E-state index in [1.54, 1.807) is 0 Å². The first kappa shape index (κ1) is 17.7. The molecule has 0 aromatic heterocycles. The molecule has 0 aliphatic carbocycles. The van der Waals surface area contributed by atoms with Gasteiger partial charge in [-0.25, -0.2) is 5.26 Å². The van der Waals surface area contributed by atoms with Gasteiger partial charge in [-0.2, -0.15) is 4.89 Å². The summed E-state index contributed by atoms with van der Waals surface area (Å²) in [6, 6.07) is 0. The molecule has 7 heteroatoms. The molecule has 0 aliphatic heterocycles. The third-order valence-corrected chi connectivity index (χ3v) is 2.44. The van der Waals surface area contributed by atoms with Gasteiger partial charge in [0.25, 0.3) is 0 Å². The fraction of sp³-hybridized carbons (Fsp3) is 1.00. The van der Waals surface area contributed by atoms with Crippen molar-refractivity contribution in [3.05, 3.63) is 0 Å². The Morgan fingerprint density at radius 1 is 1.00 bits per heavy atom. The third kappa shape index (κ3) is 6.05. The van der Waals surface area contributed by atoms with Crippen molar-refractivity contribution in [2.45, 2.75) is 60.2 Å². The molecule has 0 spiro atoms. The van der Waals surface area contributed by atoms with Crippen LogP contribution in [0.5, 0.6) is 0 Å². The molecule has 1 N–H and O–H groups in total. The predicted molar refractivity (Wildman–Crippen MR) is 63.4 cm³/mol. The summed E-state index contributed by atoms with van der Waals surface area (Å²) in [4.78, 5) is 7.28. The van der Waals surface area contributed by atoms with E-state index in [4.69, 9.17) is 10.1 Å². The maximum Gasteiger partial charge on any atom is 0.154 e. The molecule has 0 saturated heterocycles. The van der Waals surface area contributed by atoms with E-state index in [1.165, 1.54) is 0 Å². The molecule has 0 amide bonds. The van der Waals surface area contributed by atoms with Crippen molar-refractivity contribution >= 4 is 0 Å². The molecule has 18 heavy (non-hydrogen) atoms. The van der Waals surface area contributed by atoms with Gasteiger partial charge >= 0.3 is 0 Å². The topological polar surface area (TPSA) is 69.6 Å². The molecule has 110 valence electrons. The lowest BCUT2D eigenvalue weighted by Crippen LogP contribution is -2.54. The van der Waals surface area contributed by atoms with E-state index in [2.05, 4.69) is 45.8 Å². The molecular formula is C11H25NO6. The lowest BCUT2D eigenvalue weighted by molar-refractivity contribution is -0.759. The van der Waals surface area contributed by atoms with Gasteiger partial charge in [0.2, 0.25) is 0 Å². The molecule has 0 heterocycles. The summed E-state index contributed by atoms with van der Waals surface area (Å²) in [5, 5.41) is 23.2. The highest BCUT2D eigenvalue weighted by Crippen LogP contribution is 2.30. The van der Waals surface area contributed by atoms with E-state index in [0.717, 1.165) is 6.54 Å². The van der Waals surface area contributed by atoms with Gasteiger partial charge in [-0.3, -0.25) is 4.90 Å². The minimum absolute atomic E-state index is 0.107. The summed E-state index contributed by atoms with van der Waals surface area (Å²) in [7, 11) is 0. The molecule has 0 aromatic rings. The quantitative estimate of drug-likeness (QED) is 0.329. The van der Waals surface area contributed by atoms with Gasteiger partial charge in [-0.15, -0.1) is 0 Å². The predicted octanol–water partition coefficient (Wildman–Crippen LogP) is 2.70. The van der Waals surface area contributed by atoms with Crippen LogP contribution in [-0.2, 0) is 25.0 Å². The summed E-state index contributed by atoms with van der Waals surface area (Å²) in [5.41, 5.74) is -0.322. The van der Waals surface area contributed by atoms with Crippen LogP contribution in [-0.4, -0.2) is 28.5 Å². The lowest BCUT2D eigenvalue weighted by Gasteiger charge is -2.44. The van der Waals surface area contributed by atoms with Crippen LogP contribution in [0.15, 0.2) is 0 Å². The van der Waals surface area contributed by atoms with Crippen molar-refractivity contribution < 1.29 is 30.3 Å². The van der Waals surface area contributed by atoms with Crippen molar-refractivity contribution in [1.29, 1.82) is 0 Å². The molecule has 0 bridgehead atoms. The highest BCUT2D eigenvalue weighted by atomic mass is 17.8. The Hall–Kier alpha value is -0.280. The molecular weight excluding hydrogens is 242 g/mol. The molecule has 0 saturated carbocycles. The first-order chi connectivity index (χ1) is 8.14. The van der Waals surface area contributed by atoms with Gasteiger partial charge in [0.15, 0.2) is 6.23 Å². The highest BCUT2D eigenvalue weighted by Gasteiger charge is 2.37. The first-order valence-electron chi connectivity index (χ1n) is 5.88. The number of nitrogens with zero attached hydrogens (tertiary/aromatic N) is 1. The minimum Gasteiger partial charge on any atom is -0.270 e. The average molecular weight is 267 g/mol. The Labute approximate surface area is 108 Å². The number of hydrogen-bond acceptors (Lipinski definition) is 7. The van der Waals surface area contributed by atoms with Crippen molar-refractivity contribution in [1.82, 2.24) is 4.90 Å². The monoisotopic (exact) mass is 267 g/mol. The molecule has 0 aromatic carbocycles. The van der Waals surface area contributed by atoms with E-state index < -0.39 is 0 Å². The average Bonchev–Trinajstić information content (AvgIpc) is 2.19. The Morgan fingerprint density at radius 2 is 1.56 bits per heavy atom. The number of rotatable bonds is 7. The first-order valence-corrected chi connectivity index (χ1v) is 5.88. The van der Waals surface area contributed by atoms with E-state index in [-0.39, 0.29) is 17.2 Å². The van der Waals surface area contributed by atoms with Crippen LogP contribution in [0.25, 0.3) is 0 Å². The van der Waals surface area contributed by atoms with Gasteiger partial charge in [0, 0.05) is 11.0 Å². The Balaban J connectivity index is 4.67. The van der Waals surface area contributed by atoms with Crippen LogP contribution >= 0.6 is 0 Å². The highest BCUT2D eigenvalue weighted by molar-refractivity contribution is 4.83. The fourth-order valence-electron chi connectivity index (χ4n) is 1.73. The standard InChI is InChI=1S/C11H25NO6/c1-8-12(11(5,6)7)9(10(2,3)4)14-16-18-17-15-13/h9,13H,8H2,1-7H3. The van der Waals surface area contributed by atoms with Gasteiger partial charge in [0.05, 0.1) is 0 Å². The second kappa shape index (κ2) is 7.34. The van der Waals surface area contributed by atoms with Crippen LogP contribution in [0.1, 0.15) is 48.5 Å². The van der Waals surface area contributed by atoms with E-state index in [0.29, 0.717) is 0 Å².